The summed E-state index contributed by atoms with van der Waals surface area (Å²) < 4.78 is 19.0. The quantitative estimate of drug-likeness (QED) is 0.735. The van der Waals surface area contributed by atoms with Crippen molar-refractivity contribution in [2.75, 3.05) is 5.33 Å². The zero-order valence-corrected chi connectivity index (χ0v) is 12.5. The van der Waals surface area contributed by atoms with E-state index in [1.807, 2.05) is 12.1 Å². The van der Waals surface area contributed by atoms with Crippen molar-refractivity contribution in [2.45, 2.75) is 50.7 Å². The smallest absolute Gasteiger partial charge is 0.123 e. The minimum atomic E-state index is -0.176. The van der Waals surface area contributed by atoms with E-state index in [9.17, 15) is 4.39 Å². The lowest BCUT2D eigenvalue weighted by atomic mass is 9.93. The molecule has 2 atom stereocenters. The van der Waals surface area contributed by atoms with E-state index in [1.54, 1.807) is 0 Å². The molecule has 1 aromatic carbocycles. The average Bonchev–Trinajstić information content (AvgIpc) is 2.67. The average molecular weight is 315 g/mol. The molecule has 0 aromatic heterocycles. The maximum absolute atomic E-state index is 12.9. The Bertz CT molecular complexity index is 388. The van der Waals surface area contributed by atoms with E-state index in [4.69, 9.17) is 4.74 Å². The van der Waals surface area contributed by atoms with Gasteiger partial charge in [0.2, 0.25) is 0 Å². The number of hydrogen-bond acceptors (Lipinski definition) is 1. The molecule has 0 aliphatic carbocycles. The Morgan fingerprint density at radius 1 is 1.39 bits per heavy atom. The first-order valence-electron chi connectivity index (χ1n) is 6.49. The largest absolute Gasteiger partial charge is 0.372 e. The first-order chi connectivity index (χ1) is 8.50. The van der Waals surface area contributed by atoms with E-state index < -0.39 is 0 Å². The molecule has 0 bridgehead atoms. The SMILES string of the molecule is CC1(C)CCC(CC(CBr)c2ccc(F)cc2)O1. The van der Waals surface area contributed by atoms with Crippen LogP contribution < -0.4 is 0 Å². The molecule has 1 heterocycles. The van der Waals surface area contributed by atoms with E-state index in [-0.39, 0.29) is 11.4 Å². The highest BCUT2D eigenvalue weighted by Crippen LogP contribution is 2.35. The highest BCUT2D eigenvalue weighted by Gasteiger charge is 2.32. The van der Waals surface area contributed by atoms with Crippen LogP contribution in [0.3, 0.4) is 0 Å². The summed E-state index contributed by atoms with van der Waals surface area (Å²) in [5.41, 5.74) is 1.20. The third-order valence-corrected chi connectivity index (χ3v) is 4.41. The van der Waals surface area contributed by atoms with Crippen molar-refractivity contribution in [2.24, 2.45) is 0 Å². The van der Waals surface area contributed by atoms with Gasteiger partial charge in [-0.1, -0.05) is 28.1 Å². The van der Waals surface area contributed by atoms with Crippen LogP contribution in [-0.4, -0.2) is 17.0 Å². The van der Waals surface area contributed by atoms with Crippen molar-refractivity contribution >= 4 is 15.9 Å². The monoisotopic (exact) mass is 314 g/mol. The van der Waals surface area contributed by atoms with Gasteiger partial charge in [0.25, 0.3) is 0 Å². The fourth-order valence-corrected chi connectivity index (χ4v) is 3.22. The number of ether oxygens (including phenoxy) is 1. The predicted molar refractivity (Wildman–Crippen MR) is 75.7 cm³/mol. The van der Waals surface area contributed by atoms with Crippen molar-refractivity contribution in [3.8, 4) is 0 Å². The van der Waals surface area contributed by atoms with E-state index >= 15 is 0 Å². The molecular formula is C15H20BrFO. The second-order valence-electron chi connectivity index (χ2n) is 5.68. The summed E-state index contributed by atoms with van der Waals surface area (Å²) in [6, 6.07) is 6.82. The maximum Gasteiger partial charge on any atom is 0.123 e. The number of alkyl halides is 1. The number of benzene rings is 1. The lowest BCUT2D eigenvalue weighted by Crippen LogP contribution is -2.21. The fraction of sp³-hybridized carbons (Fsp3) is 0.600. The van der Waals surface area contributed by atoms with Gasteiger partial charge in [0, 0.05) is 5.33 Å². The van der Waals surface area contributed by atoms with Crippen LogP contribution in [0.1, 0.15) is 44.6 Å². The summed E-state index contributed by atoms with van der Waals surface area (Å²) in [5, 5.41) is 0.888. The maximum atomic E-state index is 12.9. The summed E-state index contributed by atoms with van der Waals surface area (Å²) in [6.45, 7) is 4.29. The van der Waals surface area contributed by atoms with Crippen molar-refractivity contribution in [3.63, 3.8) is 0 Å². The molecule has 100 valence electrons. The van der Waals surface area contributed by atoms with Gasteiger partial charge in [-0.2, -0.15) is 0 Å². The van der Waals surface area contributed by atoms with Crippen molar-refractivity contribution in [3.05, 3.63) is 35.6 Å². The summed E-state index contributed by atoms with van der Waals surface area (Å²) in [4.78, 5) is 0. The summed E-state index contributed by atoms with van der Waals surface area (Å²) in [5.74, 6) is 0.217. The Kier molecular flexibility index (Phi) is 4.44. The Balaban J connectivity index is 2.00. The highest BCUT2D eigenvalue weighted by molar-refractivity contribution is 9.09. The van der Waals surface area contributed by atoms with Crippen molar-refractivity contribution < 1.29 is 9.13 Å². The van der Waals surface area contributed by atoms with Gasteiger partial charge in [-0.25, -0.2) is 4.39 Å². The molecule has 0 amide bonds. The molecule has 1 aliphatic heterocycles. The molecule has 18 heavy (non-hydrogen) atoms. The summed E-state index contributed by atoms with van der Waals surface area (Å²) >= 11 is 3.56. The molecule has 0 radical (unpaired) electrons. The van der Waals surface area contributed by atoms with Crippen LogP contribution in [0.15, 0.2) is 24.3 Å². The van der Waals surface area contributed by atoms with Crippen LogP contribution in [0.25, 0.3) is 0 Å². The van der Waals surface area contributed by atoms with Crippen molar-refractivity contribution in [1.29, 1.82) is 0 Å². The molecule has 2 rings (SSSR count). The number of hydrogen-bond donors (Lipinski definition) is 0. The third-order valence-electron chi connectivity index (χ3n) is 3.63. The zero-order valence-electron chi connectivity index (χ0n) is 11.0. The molecule has 1 nitrogen and oxygen atoms in total. The minimum Gasteiger partial charge on any atom is -0.372 e. The lowest BCUT2D eigenvalue weighted by Gasteiger charge is -2.22. The molecule has 0 saturated carbocycles. The standard InChI is InChI=1S/C15H20BrFO/c1-15(2)8-7-14(18-15)9-12(10-16)11-3-5-13(17)6-4-11/h3-6,12,14H,7-10H2,1-2H3. The summed E-state index contributed by atoms with van der Waals surface area (Å²) in [6.07, 6.45) is 3.57. The van der Waals surface area contributed by atoms with Crippen LogP contribution in [0.4, 0.5) is 4.39 Å². The van der Waals surface area contributed by atoms with Gasteiger partial charge < -0.3 is 4.74 Å². The molecule has 3 heteroatoms. The van der Waals surface area contributed by atoms with Gasteiger partial charge in [0.1, 0.15) is 5.82 Å². The van der Waals surface area contributed by atoms with Gasteiger partial charge in [-0.3, -0.25) is 0 Å². The predicted octanol–water partition coefficient (Wildman–Crippen LogP) is 4.65. The lowest BCUT2D eigenvalue weighted by molar-refractivity contribution is -0.0201. The van der Waals surface area contributed by atoms with Crippen LogP contribution in [-0.2, 0) is 4.74 Å². The van der Waals surface area contributed by atoms with Gasteiger partial charge in [0.05, 0.1) is 11.7 Å². The van der Waals surface area contributed by atoms with E-state index in [1.165, 1.54) is 17.7 Å². The highest BCUT2D eigenvalue weighted by atomic mass is 79.9. The first kappa shape index (κ1) is 14.0. The van der Waals surface area contributed by atoms with Crippen LogP contribution in [0.2, 0.25) is 0 Å². The normalized spacial score (nSPS) is 24.1. The van der Waals surface area contributed by atoms with Crippen LogP contribution in [0, 0.1) is 5.82 Å². The molecular weight excluding hydrogens is 295 g/mol. The Labute approximate surface area is 117 Å². The molecule has 1 fully saturated rings. The Hall–Kier alpha value is -0.410. The Morgan fingerprint density at radius 3 is 2.56 bits per heavy atom. The topological polar surface area (TPSA) is 9.23 Å². The van der Waals surface area contributed by atoms with E-state index in [0.29, 0.717) is 12.0 Å². The van der Waals surface area contributed by atoms with Gasteiger partial charge in [-0.05, 0) is 56.7 Å². The van der Waals surface area contributed by atoms with Gasteiger partial charge in [0.15, 0.2) is 0 Å². The fourth-order valence-electron chi connectivity index (χ4n) is 2.58. The van der Waals surface area contributed by atoms with E-state index in [2.05, 4.69) is 29.8 Å². The second kappa shape index (κ2) is 5.70. The van der Waals surface area contributed by atoms with Crippen LogP contribution >= 0.6 is 15.9 Å². The zero-order chi connectivity index (χ0) is 13.2. The molecule has 1 saturated heterocycles. The Morgan fingerprint density at radius 2 is 2.06 bits per heavy atom. The molecule has 2 unspecified atom stereocenters. The van der Waals surface area contributed by atoms with Crippen molar-refractivity contribution in [1.82, 2.24) is 0 Å². The van der Waals surface area contributed by atoms with E-state index in [0.717, 1.165) is 24.6 Å². The second-order valence-corrected chi connectivity index (χ2v) is 6.32. The molecule has 0 spiro atoms. The van der Waals surface area contributed by atoms with Gasteiger partial charge in [-0.15, -0.1) is 0 Å². The van der Waals surface area contributed by atoms with Crippen LogP contribution in [0.5, 0.6) is 0 Å². The molecule has 1 aromatic rings. The number of rotatable bonds is 4. The van der Waals surface area contributed by atoms with Gasteiger partial charge >= 0.3 is 0 Å². The number of halogens is 2. The molecule has 0 N–H and O–H groups in total. The summed E-state index contributed by atoms with van der Waals surface area (Å²) in [7, 11) is 0. The first-order valence-corrected chi connectivity index (χ1v) is 7.61. The molecule has 1 aliphatic rings. The minimum absolute atomic E-state index is 0.0182. The third kappa shape index (κ3) is 3.55.